The smallest absolute Gasteiger partial charge is 0.305 e. The van der Waals surface area contributed by atoms with Crippen LogP contribution < -0.4 is 4.31 Å². The highest BCUT2D eigenvalue weighted by Crippen LogP contribution is 2.26. The number of aromatic nitrogens is 1. The van der Waals surface area contributed by atoms with Gasteiger partial charge in [-0.15, -0.1) is 0 Å². The number of hydrogen-bond donors (Lipinski definition) is 2. The standard InChI is InChI=1S/C14H16N2O4S/c1-11-4-2-3-5-13(11)16(9-7-14(17)18)21(19,20)12-6-8-15-10-12/h2-6,8,10,15H,7,9H2,1H3,(H,17,18). The Morgan fingerprint density at radius 3 is 2.57 bits per heavy atom. The number of nitrogens with zero attached hydrogens (tertiary/aromatic N) is 1. The van der Waals surface area contributed by atoms with Gasteiger partial charge in [0.15, 0.2) is 0 Å². The molecule has 21 heavy (non-hydrogen) atoms. The van der Waals surface area contributed by atoms with Crippen molar-refractivity contribution < 1.29 is 18.3 Å². The summed E-state index contributed by atoms with van der Waals surface area (Å²) < 4.78 is 26.5. The third kappa shape index (κ3) is 3.25. The Morgan fingerprint density at radius 1 is 1.29 bits per heavy atom. The number of anilines is 1. The lowest BCUT2D eigenvalue weighted by Crippen LogP contribution is -2.33. The number of hydrogen-bond acceptors (Lipinski definition) is 3. The van der Waals surface area contributed by atoms with Gasteiger partial charge in [-0.2, -0.15) is 0 Å². The van der Waals surface area contributed by atoms with Gasteiger partial charge in [-0.05, 0) is 24.6 Å². The molecule has 7 heteroatoms. The number of aliphatic carboxylic acids is 1. The molecule has 0 radical (unpaired) electrons. The molecule has 0 unspecified atom stereocenters. The van der Waals surface area contributed by atoms with Crippen LogP contribution in [0.3, 0.4) is 0 Å². The van der Waals surface area contributed by atoms with Crippen molar-refractivity contribution in [3.05, 3.63) is 48.3 Å². The van der Waals surface area contributed by atoms with Crippen molar-refractivity contribution in [1.29, 1.82) is 0 Å². The summed E-state index contributed by atoms with van der Waals surface area (Å²) in [6.07, 6.45) is 2.62. The number of nitrogens with one attached hydrogen (secondary N) is 1. The van der Waals surface area contributed by atoms with Crippen molar-refractivity contribution in [2.75, 3.05) is 10.8 Å². The van der Waals surface area contributed by atoms with Gasteiger partial charge in [0, 0.05) is 18.9 Å². The first kappa shape index (κ1) is 15.1. The number of para-hydroxylation sites is 1. The number of carboxylic acids is 1. The van der Waals surface area contributed by atoms with Crippen LogP contribution in [0.2, 0.25) is 0 Å². The zero-order valence-corrected chi connectivity index (χ0v) is 12.3. The first-order valence-corrected chi connectivity index (χ1v) is 7.80. The molecule has 0 aliphatic carbocycles. The summed E-state index contributed by atoms with van der Waals surface area (Å²) in [7, 11) is -3.79. The quantitative estimate of drug-likeness (QED) is 0.854. The maximum Gasteiger partial charge on any atom is 0.305 e. The number of carboxylic acid groups (broad SMARTS) is 1. The van der Waals surface area contributed by atoms with E-state index in [1.807, 2.05) is 0 Å². The lowest BCUT2D eigenvalue weighted by molar-refractivity contribution is -0.136. The topological polar surface area (TPSA) is 90.5 Å². The Labute approximate surface area is 123 Å². The van der Waals surface area contributed by atoms with Crippen LogP contribution in [0.15, 0.2) is 47.6 Å². The molecule has 1 heterocycles. The zero-order chi connectivity index (χ0) is 15.5. The Hall–Kier alpha value is -2.28. The van der Waals surface area contributed by atoms with Crippen molar-refractivity contribution in [1.82, 2.24) is 4.98 Å². The van der Waals surface area contributed by atoms with Gasteiger partial charge in [0.2, 0.25) is 0 Å². The van der Waals surface area contributed by atoms with E-state index < -0.39 is 16.0 Å². The molecule has 2 rings (SSSR count). The van der Waals surface area contributed by atoms with E-state index in [2.05, 4.69) is 4.98 Å². The maximum atomic E-state index is 12.7. The first-order valence-electron chi connectivity index (χ1n) is 6.36. The van der Waals surface area contributed by atoms with Crippen LogP contribution in [0.25, 0.3) is 0 Å². The molecule has 0 bridgehead atoms. The number of aromatic amines is 1. The van der Waals surface area contributed by atoms with E-state index in [0.717, 1.165) is 9.87 Å². The predicted octanol–water partition coefficient (Wildman–Crippen LogP) is 1.99. The van der Waals surface area contributed by atoms with Gasteiger partial charge < -0.3 is 10.1 Å². The van der Waals surface area contributed by atoms with Gasteiger partial charge in [0.05, 0.1) is 12.1 Å². The molecule has 112 valence electrons. The lowest BCUT2D eigenvalue weighted by atomic mass is 10.2. The number of aryl methyl sites for hydroxylation is 1. The number of sulfonamides is 1. The second kappa shape index (κ2) is 6.01. The van der Waals surface area contributed by atoms with Crippen LogP contribution in [-0.2, 0) is 14.8 Å². The van der Waals surface area contributed by atoms with E-state index in [1.165, 1.54) is 18.5 Å². The second-order valence-electron chi connectivity index (χ2n) is 4.55. The van der Waals surface area contributed by atoms with E-state index in [4.69, 9.17) is 5.11 Å². The number of benzene rings is 1. The van der Waals surface area contributed by atoms with Crippen LogP contribution in [0.5, 0.6) is 0 Å². The number of H-pyrrole nitrogens is 1. The summed E-state index contributed by atoms with van der Waals surface area (Å²) in [6.45, 7) is 1.67. The van der Waals surface area contributed by atoms with Gasteiger partial charge in [0.25, 0.3) is 10.0 Å². The fourth-order valence-electron chi connectivity index (χ4n) is 2.01. The Kier molecular flexibility index (Phi) is 4.32. The maximum absolute atomic E-state index is 12.7. The normalized spacial score (nSPS) is 11.3. The van der Waals surface area contributed by atoms with E-state index in [0.29, 0.717) is 5.69 Å². The van der Waals surface area contributed by atoms with Crippen LogP contribution in [-0.4, -0.2) is 31.0 Å². The number of rotatable bonds is 6. The largest absolute Gasteiger partial charge is 0.481 e. The summed E-state index contributed by atoms with van der Waals surface area (Å²) in [4.78, 5) is 13.6. The van der Waals surface area contributed by atoms with Gasteiger partial charge in [-0.1, -0.05) is 18.2 Å². The Balaban J connectivity index is 2.47. The molecule has 0 aliphatic rings. The van der Waals surface area contributed by atoms with Gasteiger partial charge in [0.1, 0.15) is 4.90 Å². The van der Waals surface area contributed by atoms with Crippen LogP contribution in [0.4, 0.5) is 5.69 Å². The third-order valence-electron chi connectivity index (χ3n) is 3.07. The van der Waals surface area contributed by atoms with E-state index in [1.54, 1.807) is 31.2 Å². The van der Waals surface area contributed by atoms with E-state index >= 15 is 0 Å². The number of carbonyl (C=O) groups is 1. The second-order valence-corrected chi connectivity index (χ2v) is 6.42. The highest BCUT2D eigenvalue weighted by Gasteiger charge is 2.26. The molecule has 1 aromatic carbocycles. The van der Waals surface area contributed by atoms with Crippen LogP contribution >= 0.6 is 0 Å². The summed E-state index contributed by atoms with van der Waals surface area (Å²) in [6, 6.07) is 8.43. The summed E-state index contributed by atoms with van der Waals surface area (Å²) in [5.74, 6) is -1.04. The van der Waals surface area contributed by atoms with Gasteiger partial charge >= 0.3 is 5.97 Å². The minimum absolute atomic E-state index is 0.108. The Morgan fingerprint density at radius 2 is 2.00 bits per heavy atom. The molecule has 2 N–H and O–H groups in total. The van der Waals surface area contributed by atoms with E-state index in [-0.39, 0.29) is 17.9 Å². The molecule has 0 atom stereocenters. The lowest BCUT2D eigenvalue weighted by Gasteiger charge is -2.24. The molecule has 1 aromatic heterocycles. The predicted molar refractivity (Wildman–Crippen MR) is 78.8 cm³/mol. The fourth-order valence-corrected chi connectivity index (χ4v) is 3.51. The summed E-state index contributed by atoms with van der Waals surface area (Å²) >= 11 is 0. The first-order chi connectivity index (χ1) is 9.93. The molecule has 0 amide bonds. The molecular weight excluding hydrogens is 292 g/mol. The van der Waals surface area contributed by atoms with Crippen molar-refractivity contribution in [3.63, 3.8) is 0 Å². The molecule has 0 aliphatic heterocycles. The average molecular weight is 308 g/mol. The summed E-state index contributed by atoms with van der Waals surface area (Å²) in [5, 5.41) is 8.85. The van der Waals surface area contributed by atoms with Crippen molar-refractivity contribution in [2.45, 2.75) is 18.2 Å². The SMILES string of the molecule is Cc1ccccc1N(CCC(=O)O)S(=O)(=O)c1cc[nH]c1. The summed E-state index contributed by atoms with van der Waals surface area (Å²) in [5.41, 5.74) is 1.25. The highest BCUT2D eigenvalue weighted by atomic mass is 32.2. The van der Waals surface area contributed by atoms with Gasteiger partial charge in [-0.25, -0.2) is 8.42 Å². The molecule has 2 aromatic rings. The monoisotopic (exact) mass is 308 g/mol. The molecular formula is C14H16N2O4S. The third-order valence-corrected chi connectivity index (χ3v) is 4.88. The molecule has 6 nitrogen and oxygen atoms in total. The van der Waals surface area contributed by atoms with Crippen LogP contribution in [0.1, 0.15) is 12.0 Å². The van der Waals surface area contributed by atoms with Crippen molar-refractivity contribution >= 4 is 21.7 Å². The average Bonchev–Trinajstić information content (AvgIpc) is 2.95. The minimum atomic E-state index is -3.79. The zero-order valence-electron chi connectivity index (χ0n) is 11.5. The van der Waals surface area contributed by atoms with Crippen molar-refractivity contribution in [3.8, 4) is 0 Å². The Bertz CT molecular complexity index is 723. The molecule has 0 saturated carbocycles. The highest BCUT2D eigenvalue weighted by molar-refractivity contribution is 7.92. The van der Waals surface area contributed by atoms with Crippen molar-refractivity contribution in [2.24, 2.45) is 0 Å². The minimum Gasteiger partial charge on any atom is -0.481 e. The molecule has 0 saturated heterocycles. The fraction of sp³-hybridized carbons (Fsp3) is 0.214. The van der Waals surface area contributed by atoms with Gasteiger partial charge in [-0.3, -0.25) is 9.10 Å². The molecule has 0 spiro atoms. The van der Waals surface area contributed by atoms with Crippen LogP contribution in [0, 0.1) is 6.92 Å². The molecule has 0 fully saturated rings. The van der Waals surface area contributed by atoms with E-state index in [9.17, 15) is 13.2 Å².